The van der Waals surface area contributed by atoms with Gasteiger partial charge in [0, 0.05) is 32.3 Å². The number of hydrogen-bond donors (Lipinski definition) is 2. The van der Waals surface area contributed by atoms with E-state index in [-0.39, 0.29) is 6.10 Å². The zero-order chi connectivity index (χ0) is 17.6. The van der Waals surface area contributed by atoms with Gasteiger partial charge in [-0.3, -0.25) is 0 Å². The summed E-state index contributed by atoms with van der Waals surface area (Å²) in [6, 6.07) is 1.88. The van der Waals surface area contributed by atoms with Crippen molar-refractivity contribution in [1.82, 2.24) is 15.3 Å². The standard InChI is InChI=1S/C17H27N5O2S/c1-12-5-3-7-22(11-12)14-9-15(23-2)20-16(19-14)21-17(25)18-10-13-6-4-8-24-13/h9,12-13H,3-8,10-11H2,1-2H3,(H2,18,19,20,21,25)/t12-,13-/m0/s1. The minimum absolute atomic E-state index is 0.233. The Hall–Kier alpha value is -1.67. The molecule has 0 saturated carbocycles. The highest BCUT2D eigenvalue weighted by Gasteiger charge is 2.20. The van der Waals surface area contributed by atoms with Gasteiger partial charge in [0.15, 0.2) is 5.11 Å². The fourth-order valence-electron chi connectivity index (χ4n) is 3.29. The van der Waals surface area contributed by atoms with Crippen molar-refractivity contribution < 1.29 is 9.47 Å². The summed E-state index contributed by atoms with van der Waals surface area (Å²) in [4.78, 5) is 11.3. The maximum absolute atomic E-state index is 5.59. The van der Waals surface area contributed by atoms with Gasteiger partial charge in [-0.15, -0.1) is 0 Å². The molecule has 2 fully saturated rings. The van der Waals surface area contributed by atoms with E-state index in [0.717, 1.165) is 38.4 Å². The van der Waals surface area contributed by atoms with Gasteiger partial charge < -0.3 is 25.0 Å². The lowest BCUT2D eigenvalue weighted by atomic mass is 10.0. The Balaban J connectivity index is 1.63. The van der Waals surface area contributed by atoms with Crippen molar-refractivity contribution in [2.24, 2.45) is 5.92 Å². The van der Waals surface area contributed by atoms with Gasteiger partial charge >= 0.3 is 0 Å². The van der Waals surface area contributed by atoms with Gasteiger partial charge in [0.25, 0.3) is 0 Å². The predicted molar refractivity (Wildman–Crippen MR) is 102 cm³/mol. The molecule has 25 heavy (non-hydrogen) atoms. The molecule has 1 aromatic heterocycles. The molecule has 2 aliphatic rings. The summed E-state index contributed by atoms with van der Waals surface area (Å²) in [7, 11) is 1.61. The van der Waals surface area contributed by atoms with E-state index in [1.54, 1.807) is 7.11 Å². The molecule has 0 spiro atoms. The molecule has 3 rings (SSSR count). The monoisotopic (exact) mass is 365 g/mol. The first-order valence-electron chi connectivity index (χ1n) is 8.98. The summed E-state index contributed by atoms with van der Waals surface area (Å²) in [5.41, 5.74) is 0. The maximum Gasteiger partial charge on any atom is 0.234 e. The van der Waals surface area contributed by atoms with Crippen LogP contribution in [0.3, 0.4) is 0 Å². The predicted octanol–water partition coefficient (Wildman–Crippen LogP) is 2.19. The molecule has 2 N–H and O–H groups in total. The SMILES string of the molecule is COc1cc(N2CCC[C@H](C)C2)nc(NC(=S)NC[C@@H]2CCCO2)n1. The number of rotatable bonds is 5. The molecule has 2 aliphatic heterocycles. The van der Waals surface area contributed by atoms with Crippen LogP contribution in [0.15, 0.2) is 6.07 Å². The van der Waals surface area contributed by atoms with E-state index >= 15 is 0 Å². The largest absolute Gasteiger partial charge is 0.481 e. The summed E-state index contributed by atoms with van der Waals surface area (Å²) in [5.74, 6) is 2.54. The van der Waals surface area contributed by atoms with Crippen molar-refractivity contribution in [3.8, 4) is 5.88 Å². The Labute approximate surface area is 154 Å². The van der Waals surface area contributed by atoms with Crippen LogP contribution in [0.2, 0.25) is 0 Å². The first-order chi connectivity index (χ1) is 12.1. The quantitative estimate of drug-likeness (QED) is 0.770. The molecule has 3 heterocycles. The highest BCUT2D eigenvalue weighted by molar-refractivity contribution is 7.80. The second kappa shape index (κ2) is 8.62. The Morgan fingerprint density at radius 3 is 3.00 bits per heavy atom. The lowest BCUT2D eigenvalue weighted by Crippen LogP contribution is -2.36. The number of methoxy groups -OCH3 is 1. The summed E-state index contributed by atoms with van der Waals surface area (Å²) in [5, 5.41) is 6.75. The molecule has 0 radical (unpaired) electrons. The van der Waals surface area contributed by atoms with E-state index in [1.165, 1.54) is 12.8 Å². The van der Waals surface area contributed by atoms with Gasteiger partial charge in [-0.25, -0.2) is 0 Å². The van der Waals surface area contributed by atoms with E-state index < -0.39 is 0 Å². The second-order valence-corrected chi connectivity index (χ2v) is 7.16. The molecule has 1 aromatic rings. The first-order valence-corrected chi connectivity index (χ1v) is 9.39. The summed E-state index contributed by atoms with van der Waals surface area (Å²) >= 11 is 5.36. The van der Waals surface area contributed by atoms with E-state index in [0.29, 0.717) is 29.4 Å². The highest BCUT2D eigenvalue weighted by Crippen LogP contribution is 2.25. The third-order valence-electron chi connectivity index (χ3n) is 4.62. The third-order valence-corrected chi connectivity index (χ3v) is 4.87. The molecule has 0 unspecified atom stereocenters. The zero-order valence-electron chi connectivity index (χ0n) is 15.0. The number of nitrogens with one attached hydrogen (secondary N) is 2. The average Bonchev–Trinajstić information content (AvgIpc) is 3.13. The fourth-order valence-corrected chi connectivity index (χ4v) is 3.47. The second-order valence-electron chi connectivity index (χ2n) is 6.76. The summed E-state index contributed by atoms with van der Waals surface area (Å²) < 4.78 is 10.9. The van der Waals surface area contributed by atoms with Crippen LogP contribution in [0.1, 0.15) is 32.6 Å². The van der Waals surface area contributed by atoms with Crippen molar-refractivity contribution in [2.75, 3.05) is 43.6 Å². The third kappa shape index (κ3) is 5.15. The lowest BCUT2D eigenvalue weighted by Gasteiger charge is -2.32. The van der Waals surface area contributed by atoms with Gasteiger partial charge in [0.05, 0.1) is 13.2 Å². The summed E-state index contributed by atoms with van der Waals surface area (Å²) in [6.07, 6.45) is 4.86. The zero-order valence-corrected chi connectivity index (χ0v) is 15.8. The fraction of sp³-hybridized carbons (Fsp3) is 0.706. The molecule has 2 saturated heterocycles. The van der Waals surface area contributed by atoms with Gasteiger partial charge in [0.2, 0.25) is 11.8 Å². The Kier molecular flexibility index (Phi) is 6.25. The van der Waals surface area contributed by atoms with Crippen LogP contribution in [0, 0.1) is 5.92 Å². The first kappa shape index (κ1) is 18.1. The number of thiocarbonyl (C=S) groups is 1. The molecular weight excluding hydrogens is 338 g/mol. The molecule has 2 atom stereocenters. The van der Waals surface area contributed by atoms with E-state index in [2.05, 4.69) is 32.4 Å². The normalized spacial score (nSPS) is 23.4. The molecule has 7 nitrogen and oxygen atoms in total. The van der Waals surface area contributed by atoms with Crippen molar-refractivity contribution in [3.05, 3.63) is 6.07 Å². The van der Waals surface area contributed by atoms with Gasteiger partial charge in [-0.2, -0.15) is 9.97 Å². The van der Waals surface area contributed by atoms with Crippen molar-refractivity contribution in [1.29, 1.82) is 0 Å². The Bertz CT molecular complexity index is 594. The minimum Gasteiger partial charge on any atom is -0.481 e. The molecule has 0 aliphatic carbocycles. The van der Waals surface area contributed by atoms with Crippen LogP contribution in [0.4, 0.5) is 11.8 Å². The number of aromatic nitrogens is 2. The molecular formula is C17H27N5O2S. The minimum atomic E-state index is 0.233. The molecule has 0 bridgehead atoms. The smallest absolute Gasteiger partial charge is 0.234 e. The Morgan fingerprint density at radius 2 is 2.28 bits per heavy atom. The van der Waals surface area contributed by atoms with Crippen LogP contribution in [0.25, 0.3) is 0 Å². The number of piperidine rings is 1. The molecule has 8 heteroatoms. The Morgan fingerprint density at radius 1 is 1.40 bits per heavy atom. The highest BCUT2D eigenvalue weighted by atomic mass is 32.1. The van der Waals surface area contributed by atoms with Crippen LogP contribution in [-0.4, -0.2) is 54.5 Å². The van der Waals surface area contributed by atoms with Crippen molar-refractivity contribution in [2.45, 2.75) is 38.7 Å². The van der Waals surface area contributed by atoms with Crippen LogP contribution < -0.4 is 20.3 Å². The lowest BCUT2D eigenvalue weighted by molar-refractivity contribution is 0.114. The van der Waals surface area contributed by atoms with Crippen molar-refractivity contribution in [3.63, 3.8) is 0 Å². The number of ether oxygens (including phenoxy) is 2. The van der Waals surface area contributed by atoms with Gasteiger partial charge in [0.1, 0.15) is 5.82 Å². The average molecular weight is 366 g/mol. The number of anilines is 2. The van der Waals surface area contributed by atoms with Gasteiger partial charge in [-0.05, 0) is 43.8 Å². The summed E-state index contributed by atoms with van der Waals surface area (Å²) in [6.45, 7) is 5.82. The van der Waals surface area contributed by atoms with Crippen LogP contribution >= 0.6 is 12.2 Å². The topological polar surface area (TPSA) is 71.5 Å². The van der Waals surface area contributed by atoms with Crippen LogP contribution in [-0.2, 0) is 4.74 Å². The molecule has 138 valence electrons. The van der Waals surface area contributed by atoms with Crippen molar-refractivity contribution >= 4 is 29.1 Å². The molecule has 0 amide bonds. The number of nitrogens with zero attached hydrogens (tertiary/aromatic N) is 3. The van der Waals surface area contributed by atoms with Gasteiger partial charge in [-0.1, -0.05) is 6.92 Å². The number of hydrogen-bond acceptors (Lipinski definition) is 6. The van der Waals surface area contributed by atoms with E-state index in [9.17, 15) is 0 Å². The van der Waals surface area contributed by atoms with E-state index in [1.807, 2.05) is 6.07 Å². The van der Waals surface area contributed by atoms with E-state index in [4.69, 9.17) is 21.7 Å². The maximum atomic E-state index is 5.59. The molecule has 0 aromatic carbocycles. The van der Waals surface area contributed by atoms with Crippen LogP contribution in [0.5, 0.6) is 5.88 Å².